The van der Waals surface area contributed by atoms with Crippen LogP contribution in [0.5, 0.6) is 0 Å². The summed E-state index contributed by atoms with van der Waals surface area (Å²) in [6.07, 6.45) is -4.00. The molecule has 15 heteroatoms. The first-order chi connectivity index (χ1) is 19.6. The molecule has 9 nitrogen and oxygen atoms in total. The normalized spacial score (nSPS) is 19.5. The summed E-state index contributed by atoms with van der Waals surface area (Å²) in [7, 11) is 2.91. The lowest BCUT2D eigenvalue weighted by molar-refractivity contribution is -0.137. The monoisotopic (exact) mass is 616 g/mol. The van der Waals surface area contributed by atoms with E-state index in [9.17, 15) is 36.3 Å². The molecule has 0 saturated carbocycles. The number of amides is 4. The average molecular weight is 617 g/mol. The second-order valence-electron chi connectivity index (χ2n) is 10.4. The SMILES string of the molecule is CC(=O)N(C)C1CCN(CCN2C[C@@H](C(=O)N(C)c3ccc(F)c(Cl)c3F)N(c3cc(C(F)(F)F)cc(C)n3)C2=O)C1. The smallest absolute Gasteiger partial charge is 0.342 e. The predicted molar refractivity (Wildman–Crippen MR) is 145 cm³/mol. The van der Waals surface area contributed by atoms with Gasteiger partial charge in [0.05, 0.1) is 17.8 Å². The fourth-order valence-electron chi connectivity index (χ4n) is 5.19. The van der Waals surface area contributed by atoms with Gasteiger partial charge in [-0.25, -0.2) is 18.6 Å². The first-order valence-corrected chi connectivity index (χ1v) is 13.5. The number of urea groups is 1. The van der Waals surface area contributed by atoms with Gasteiger partial charge in [0.25, 0.3) is 5.91 Å². The van der Waals surface area contributed by atoms with Gasteiger partial charge in [-0.2, -0.15) is 13.2 Å². The highest BCUT2D eigenvalue weighted by molar-refractivity contribution is 6.31. The van der Waals surface area contributed by atoms with E-state index in [1.54, 1.807) is 11.9 Å². The van der Waals surface area contributed by atoms with Gasteiger partial charge in [-0.05, 0) is 37.6 Å². The molecule has 3 heterocycles. The van der Waals surface area contributed by atoms with E-state index in [2.05, 4.69) is 4.98 Å². The third-order valence-corrected chi connectivity index (χ3v) is 8.01. The van der Waals surface area contributed by atoms with Crippen molar-refractivity contribution in [3.05, 3.63) is 52.2 Å². The number of aryl methyl sites for hydroxylation is 1. The van der Waals surface area contributed by atoms with Crippen LogP contribution in [-0.2, 0) is 15.8 Å². The number of anilines is 2. The molecule has 1 unspecified atom stereocenters. The topological polar surface area (TPSA) is 80.3 Å². The highest BCUT2D eigenvalue weighted by Crippen LogP contribution is 2.35. The van der Waals surface area contributed by atoms with Crippen LogP contribution in [0.15, 0.2) is 24.3 Å². The van der Waals surface area contributed by atoms with Gasteiger partial charge in [-0.3, -0.25) is 19.4 Å². The quantitative estimate of drug-likeness (QED) is 0.345. The number of likely N-dealkylation sites (tertiary alicyclic amines) is 1. The molecule has 42 heavy (non-hydrogen) atoms. The number of nitrogens with zero attached hydrogens (tertiary/aromatic N) is 6. The van der Waals surface area contributed by atoms with Crippen LogP contribution < -0.4 is 9.80 Å². The molecule has 1 aromatic carbocycles. The maximum absolute atomic E-state index is 14.8. The molecule has 4 rings (SSSR count). The van der Waals surface area contributed by atoms with Crippen molar-refractivity contribution in [2.75, 3.05) is 56.6 Å². The van der Waals surface area contributed by atoms with Crippen molar-refractivity contribution in [2.24, 2.45) is 0 Å². The number of likely N-dealkylation sites (N-methyl/N-ethyl adjacent to an activating group) is 2. The van der Waals surface area contributed by atoms with Crippen molar-refractivity contribution in [1.29, 1.82) is 0 Å². The van der Waals surface area contributed by atoms with Gasteiger partial charge >= 0.3 is 12.2 Å². The maximum atomic E-state index is 14.8. The van der Waals surface area contributed by atoms with Crippen molar-refractivity contribution in [3.63, 3.8) is 0 Å². The Bertz CT molecular complexity index is 1390. The van der Waals surface area contributed by atoms with Crippen LogP contribution in [0.2, 0.25) is 5.02 Å². The number of aromatic nitrogens is 1. The first kappa shape index (κ1) is 31.4. The number of hydrogen-bond acceptors (Lipinski definition) is 5. The van der Waals surface area contributed by atoms with Crippen LogP contribution >= 0.6 is 11.6 Å². The van der Waals surface area contributed by atoms with Crippen molar-refractivity contribution >= 4 is 41.0 Å². The van der Waals surface area contributed by atoms with Gasteiger partial charge in [0, 0.05) is 58.9 Å². The number of pyridine rings is 1. The minimum atomic E-state index is -4.74. The molecule has 2 aliphatic rings. The zero-order valence-corrected chi connectivity index (χ0v) is 24.1. The Morgan fingerprint density at radius 2 is 1.81 bits per heavy atom. The van der Waals surface area contributed by atoms with E-state index in [0.717, 1.165) is 34.4 Å². The third kappa shape index (κ3) is 6.28. The fourth-order valence-corrected chi connectivity index (χ4v) is 5.35. The Balaban J connectivity index is 1.62. The summed E-state index contributed by atoms with van der Waals surface area (Å²) < 4.78 is 69.4. The summed E-state index contributed by atoms with van der Waals surface area (Å²) in [4.78, 5) is 49.9. The number of halogens is 6. The molecule has 1 aromatic heterocycles. The minimum absolute atomic E-state index is 0.00553. The average Bonchev–Trinajstić information content (AvgIpc) is 3.52. The first-order valence-electron chi connectivity index (χ1n) is 13.1. The summed E-state index contributed by atoms with van der Waals surface area (Å²) in [6, 6.07) is 1.26. The summed E-state index contributed by atoms with van der Waals surface area (Å²) in [6.45, 7) is 4.34. The number of rotatable bonds is 7. The van der Waals surface area contributed by atoms with Crippen molar-refractivity contribution in [3.8, 4) is 0 Å². The molecule has 0 N–H and O–H groups in total. The summed E-state index contributed by atoms with van der Waals surface area (Å²) in [5, 5.41) is -0.831. The molecule has 2 atom stereocenters. The number of carbonyl (C=O) groups excluding carboxylic acids is 3. The Morgan fingerprint density at radius 1 is 1.12 bits per heavy atom. The standard InChI is InChI=1S/C27H30ClF5N6O3/c1-15-11-17(27(31,32)33)12-22(34-15)39-21(25(41)36(4)20-6-5-19(29)23(28)24(20)30)14-38(26(39)42)10-9-37-8-7-18(13-37)35(3)16(2)40/h5-6,11-12,18,21H,7-10,13-14H2,1-4H3/t18?,21-/m0/s1. The summed E-state index contributed by atoms with van der Waals surface area (Å²) >= 11 is 5.69. The van der Waals surface area contributed by atoms with Crippen LogP contribution in [0, 0.1) is 18.6 Å². The lowest BCUT2D eigenvalue weighted by Crippen LogP contribution is -2.47. The van der Waals surface area contributed by atoms with Gasteiger partial charge in [0.1, 0.15) is 22.7 Å². The molecule has 2 fully saturated rings. The Hall–Kier alpha value is -3.52. The molecular weight excluding hydrogens is 587 g/mol. The zero-order chi connectivity index (χ0) is 31.1. The van der Waals surface area contributed by atoms with Gasteiger partial charge < -0.3 is 14.7 Å². The molecule has 0 aliphatic carbocycles. The van der Waals surface area contributed by atoms with E-state index in [1.807, 2.05) is 4.90 Å². The van der Waals surface area contributed by atoms with Crippen molar-refractivity contribution in [1.82, 2.24) is 19.7 Å². The van der Waals surface area contributed by atoms with Crippen LogP contribution in [0.3, 0.4) is 0 Å². The highest BCUT2D eigenvalue weighted by atomic mass is 35.5. The molecule has 228 valence electrons. The molecular formula is C27H30ClF5N6O3. The number of benzene rings is 1. The maximum Gasteiger partial charge on any atom is 0.416 e. The highest BCUT2D eigenvalue weighted by Gasteiger charge is 2.45. The van der Waals surface area contributed by atoms with Gasteiger partial charge in [-0.1, -0.05) is 11.6 Å². The molecule has 2 saturated heterocycles. The molecule has 4 amide bonds. The van der Waals surface area contributed by atoms with Crippen LogP contribution in [-0.4, -0.2) is 96.4 Å². The Labute approximate surface area is 244 Å². The van der Waals surface area contributed by atoms with Gasteiger partial charge in [-0.15, -0.1) is 0 Å². The van der Waals surface area contributed by atoms with E-state index in [-0.39, 0.29) is 42.2 Å². The zero-order valence-electron chi connectivity index (χ0n) is 23.4. The molecule has 0 spiro atoms. The van der Waals surface area contributed by atoms with Crippen LogP contribution in [0.4, 0.5) is 38.3 Å². The second-order valence-corrected chi connectivity index (χ2v) is 10.8. The summed E-state index contributed by atoms with van der Waals surface area (Å²) in [5.74, 6) is -3.53. The van der Waals surface area contributed by atoms with E-state index in [0.29, 0.717) is 25.7 Å². The van der Waals surface area contributed by atoms with Crippen molar-refractivity contribution < 1.29 is 36.3 Å². The number of alkyl halides is 3. The van der Waals surface area contributed by atoms with E-state index in [1.165, 1.54) is 25.8 Å². The Morgan fingerprint density at radius 3 is 2.45 bits per heavy atom. The molecule has 2 aromatic rings. The van der Waals surface area contributed by atoms with Gasteiger partial charge in [0.2, 0.25) is 5.91 Å². The lowest BCUT2D eigenvalue weighted by Gasteiger charge is -2.27. The predicted octanol–water partition coefficient (Wildman–Crippen LogP) is 4.17. The Kier molecular flexibility index (Phi) is 8.97. The largest absolute Gasteiger partial charge is 0.416 e. The van der Waals surface area contributed by atoms with Gasteiger partial charge in [0.15, 0.2) is 5.82 Å². The molecule has 0 radical (unpaired) electrons. The number of carbonyl (C=O) groups is 3. The van der Waals surface area contributed by atoms with E-state index >= 15 is 0 Å². The minimum Gasteiger partial charge on any atom is -0.342 e. The van der Waals surface area contributed by atoms with E-state index < -0.39 is 46.4 Å². The van der Waals surface area contributed by atoms with Crippen LogP contribution in [0.1, 0.15) is 24.6 Å². The van der Waals surface area contributed by atoms with Crippen LogP contribution in [0.25, 0.3) is 0 Å². The van der Waals surface area contributed by atoms with Crippen molar-refractivity contribution in [2.45, 2.75) is 38.5 Å². The second kappa shape index (κ2) is 12.0. The lowest BCUT2D eigenvalue weighted by atomic mass is 10.1. The summed E-state index contributed by atoms with van der Waals surface area (Å²) in [5.41, 5.74) is -1.45. The number of hydrogen-bond donors (Lipinski definition) is 0. The third-order valence-electron chi connectivity index (χ3n) is 7.67. The van der Waals surface area contributed by atoms with E-state index in [4.69, 9.17) is 11.6 Å². The molecule has 0 bridgehead atoms. The molecule has 2 aliphatic heterocycles. The fraction of sp³-hybridized carbons (Fsp3) is 0.481.